The quantitative estimate of drug-likeness (QED) is 0.828. The van der Waals surface area contributed by atoms with Crippen molar-refractivity contribution >= 4 is 11.9 Å². The molecule has 1 aliphatic rings. The van der Waals surface area contributed by atoms with Crippen molar-refractivity contribution in [1.29, 1.82) is 0 Å². The number of fused-ring (bicyclic) bond motifs is 1. The van der Waals surface area contributed by atoms with Gasteiger partial charge in [-0.15, -0.1) is 6.42 Å². The van der Waals surface area contributed by atoms with Crippen LogP contribution in [-0.2, 0) is 9.59 Å². The Hall–Kier alpha value is -2.68. The van der Waals surface area contributed by atoms with E-state index in [0.29, 0.717) is 11.5 Å². The minimum absolute atomic E-state index is 0.0979. The van der Waals surface area contributed by atoms with Gasteiger partial charge in [-0.3, -0.25) is 9.59 Å². The van der Waals surface area contributed by atoms with E-state index in [0.717, 1.165) is 4.90 Å². The number of hydrogen-bond donors (Lipinski definition) is 1. The first kappa shape index (κ1) is 14.7. The van der Waals surface area contributed by atoms with Crippen LogP contribution in [0.25, 0.3) is 0 Å². The fourth-order valence-corrected chi connectivity index (χ4v) is 2.06. The van der Waals surface area contributed by atoms with E-state index in [2.05, 4.69) is 5.92 Å². The Morgan fingerprint density at radius 1 is 1.33 bits per heavy atom. The van der Waals surface area contributed by atoms with E-state index in [-0.39, 0.29) is 6.54 Å². The van der Waals surface area contributed by atoms with Crippen molar-refractivity contribution in [2.45, 2.75) is 19.1 Å². The second kappa shape index (κ2) is 6.18. The predicted octanol–water partition coefficient (Wildman–Crippen LogP) is 0.761. The molecule has 1 heterocycles. The molecule has 2 atom stereocenters. The van der Waals surface area contributed by atoms with Crippen LogP contribution in [0.5, 0.6) is 11.5 Å². The lowest BCUT2D eigenvalue weighted by Gasteiger charge is -2.33. The van der Waals surface area contributed by atoms with E-state index in [4.69, 9.17) is 21.0 Å². The second-order valence-corrected chi connectivity index (χ2v) is 4.60. The third-order valence-corrected chi connectivity index (χ3v) is 3.01. The average molecular weight is 289 g/mol. The van der Waals surface area contributed by atoms with Crippen molar-refractivity contribution in [3.8, 4) is 23.8 Å². The highest BCUT2D eigenvalue weighted by Crippen LogP contribution is 2.33. The summed E-state index contributed by atoms with van der Waals surface area (Å²) in [7, 11) is 0. The van der Waals surface area contributed by atoms with Crippen LogP contribution in [0, 0.1) is 12.3 Å². The first-order chi connectivity index (χ1) is 10.0. The molecule has 2 rings (SSSR count). The Bertz CT molecular complexity index is 592. The van der Waals surface area contributed by atoms with Crippen LogP contribution in [0.2, 0.25) is 0 Å². The normalized spacial score (nSPS) is 19.4. The molecule has 0 spiro atoms. The lowest BCUT2D eigenvalue weighted by atomic mass is 10.1. The summed E-state index contributed by atoms with van der Waals surface area (Å²) in [6.45, 7) is 1.12. The molecule has 1 aliphatic heterocycles. The van der Waals surface area contributed by atoms with Crippen LogP contribution in [0.1, 0.15) is 6.92 Å². The summed E-state index contributed by atoms with van der Waals surface area (Å²) < 4.78 is 11.3. The van der Waals surface area contributed by atoms with Gasteiger partial charge >= 0.3 is 5.97 Å². The fourth-order valence-electron chi connectivity index (χ4n) is 2.06. The van der Waals surface area contributed by atoms with Crippen molar-refractivity contribution in [3.63, 3.8) is 0 Å². The topological polar surface area (TPSA) is 76.1 Å². The largest absolute Gasteiger partial charge is 0.482 e. The van der Waals surface area contributed by atoms with Crippen molar-refractivity contribution in [3.05, 3.63) is 24.3 Å². The number of nitrogens with zero attached hydrogens (tertiary/aromatic N) is 1. The van der Waals surface area contributed by atoms with Crippen molar-refractivity contribution < 1.29 is 24.2 Å². The zero-order valence-electron chi connectivity index (χ0n) is 11.5. The molecule has 6 nitrogen and oxygen atoms in total. The van der Waals surface area contributed by atoms with Gasteiger partial charge in [0, 0.05) is 0 Å². The van der Waals surface area contributed by atoms with E-state index >= 15 is 0 Å². The number of aliphatic carboxylic acids is 1. The lowest BCUT2D eigenvalue weighted by molar-refractivity contribution is -0.150. The minimum atomic E-state index is -1.14. The Kier molecular flexibility index (Phi) is 4.33. The van der Waals surface area contributed by atoms with Crippen LogP contribution in [0.4, 0.5) is 0 Å². The number of para-hydroxylation sites is 2. The Labute approximate surface area is 122 Å². The number of rotatable bonds is 4. The van der Waals surface area contributed by atoms with Gasteiger partial charge in [-0.25, -0.2) is 0 Å². The summed E-state index contributed by atoms with van der Waals surface area (Å²) in [5.74, 6) is 1.63. The van der Waals surface area contributed by atoms with Crippen molar-refractivity contribution in [2.75, 3.05) is 13.1 Å². The number of ether oxygens (including phenoxy) is 2. The average Bonchev–Trinajstić information content (AvgIpc) is 2.45. The van der Waals surface area contributed by atoms with E-state index in [9.17, 15) is 9.59 Å². The smallest absolute Gasteiger partial charge is 0.323 e. The van der Waals surface area contributed by atoms with Crippen LogP contribution in [-0.4, -0.2) is 47.2 Å². The van der Waals surface area contributed by atoms with Gasteiger partial charge in [0.1, 0.15) is 12.6 Å². The van der Waals surface area contributed by atoms with Gasteiger partial charge in [-0.2, -0.15) is 0 Å². The van der Waals surface area contributed by atoms with Crippen molar-refractivity contribution in [1.82, 2.24) is 4.90 Å². The summed E-state index contributed by atoms with van der Waals surface area (Å²) >= 11 is 0. The van der Waals surface area contributed by atoms with E-state index in [1.54, 1.807) is 31.2 Å². The molecule has 1 amide bonds. The van der Waals surface area contributed by atoms with E-state index < -0.39 is 30.6 Å². The number of amides is 1. The molecule has 1 aromatic carbocycles. The molecule has 0 saturated carbocycles. The molecular weight excluding hydrogens is 274 g/mol. The SMILES string of the molecule is C#CCN(CC(=O)O)C(=O)C1Oc2ccccc2OC1C. The molecule has 6 heteroatoms. The molecule has 0 fully saturated rings. The van der Waals surface area contributed by atoms with Gasteiger partial charge in [0.25, 0.3) is 5.91 Å². The molecule has 0 aromatic heterocycles. The zero-order chi connectivity index (χ0) is 15.4. The number of carbonyl (C=O) groups is 2. The summed E-state index contributed by atoms with van der Waals surface area (Å²) in [4.78, 5) is 24.3. The first-order valence-corrected chi connectivity index (χ1v) is 6.39. The highest BCUT2D eigenvalue weighted by Gasteiger charge is 2.37. The third-order valence-electron chi connectivity index (χ3n) is 3.01. The first-order valence-electron chi connectivity index (χ1n) is 6.39. The van der Waals surface area contributed by atoms with E-state index in [1.165, 1.54) is 0 Å². The fraction of sp³-hybridized carbons (Fsp3) is 0.333. The Morgan fingerprint density at radius 2 is 1.95 bits per heavy atom. The number of terminal acetylenes is 1. The summed E-state index contributed by atoms with van der Waals surface area (Å²) in [6.07, 6.45) is 3.71. The minimum Gasteiger partial charge on any atom is -0.482 e. The van der Waals surface area contributed by atoms with Crippen LogP contribution < -0.4 is 9.47 Å². The number of benzene rings is 1. The third kappa shape index (κ3) is 3.26. The van der Waals surface area contributed by atoms with Crippen LogP contribution >= 0.6 is 0 Å². The van der Waals surface area contributed by atoms with Gasteiger partial charge in [0.05, 0.1) is 6.54 Å². The molecule has 0 radical (unpaired) electrons. The maximum Gasteiger partial charge on any atom is 0.323 e. The molecule has 1 aromatic rings. The molecule has 1 N–H and O–H groups in total. The highest BCUT2D eigenvalue weighted by atomic mass is 16.6. The summed E-state index contributed by atoms with van der Waals surface area (Å²) in [5, 5.41) is 8.85. The predicted molar refractivity (Wildman–Crippen MR) is 74.0 cm³/mol. The molecule has 0 bridgehead atoms. The molecule has 0 aliphatic carbocycles. The standard InChI is InChI=1S/C15H15NO5/c1-3-8-16(9-13(17)18)15(19)14-10(2)20-11-6-4-5-7-12(11)21-14/h1,4-7,10,14H,8-9H2,2H3,(H,17,18). The van der Waals surface area contributed by atoms with E-state index in [1.807, 2.05) is 0 Å². The molecule has 0 saturated heterocycles. The Morgan fingerprint density at radius 3 is 2.52 bits per heavy atom. The van der Waals surface area contributed by atoms with Gasteiger partial charge in [-0.1, -0.05) is 18.1 Å². The monoisotopic (exact) mass is 289 g/mol. The molecule has 21 heavy (non-hydrogen) atoms. The second-order valence-electron chi connectivity index (χ2n) is 4.60. The molecule has 2 unspecified atom stereocenters. The number of carbonyl (C=O) groups excluding carboxylic acids is 1. The Balaban J connectivity index is 2.18. The van der Waals surface area contributed by atoms with Gasteiger partial charge in [0.2, 0.25) is 6.10 Å². The number of carboxylic acid groups (broad SMARTS) is 1. The van der Waals surface area contributed by atoms with Crippen molar-refractivity contribution in [2.24, 2.45) is 0 Å². The number of hydrogen-bond acceptors (Lipinski definition) is 4. The van der Waals surface area contributed by atoms with Gasteiger partial charge in [0.15, 0.2) is 11.5 Å². The summed E-state index contributed by atoms with van der Waals surface area (Å²) in [6, 6.07) is 6.98. The van der Waals surface area contributed by atoms with Gasteiger partial charge < -0.3 is 19.5 Å². The lowest BCUT2D eigenvalue weighted by Crippen LogP contribution is -2.51. The maximum atomic E-state index is 12.4. The highest BCUT2D eigenvalue weighted by molar-refractivity contribution is 5.86. The van der Waals surface area contributed by atoms with Crippen LogP contribution in [0.3, 0.4) is 0 Å². The number of carboxylic acids is 1. The van der Waals surface area contributed by atoms with Gasteiger partial charge in [-0.05, 0) is 19.1 Å². The molecular formula is C15H15NO5. The van der Waals surface area contributed by atoms with Crippen LogP contribution in [0.15, 0.2) is 24.3 Å². The maximum absolute atomic E-state index is 12.4. The molecule has 110 valence electrons. The summed E-state index contributed by atoms with van der Waals surface area (Å²) in [5.41, 5.74) is 0. The zero-order valence-corrected chi connectivity index (χ0v) is 11.5.